The van der Waals surface area contributed by atoms with E-state index in [2.05, 4.69) is 75.8 Å². The van der Waals surface area contributed by atoms with Crippen molar-refractivity contribution in [1.82, 2.24) is 0 Å². The molecule has 0 aliphatic rings. The van der Waals surface area contributed by atoms with E-state index in [1.54, 1.807) is 0 Å². The van der Waals surface area contributed by atoms with Crippen molar-refractivity contribution in [1.29, 1.82) is 0 Å². The van der Waals surface area contributed by atoms with Crippen LogP contribution in [0, 0.1) is 0 Å². The zero-order chi connectivity index (χ0) is 15.3. The van der Waals surface area contributed by atoms with E-state index in [0.717, 1.165) is 17.6 Å². The number of nitrogens with zero attached hydrogens (tertiary/aromatic N) is 1. The summed E-state index contributed by atoms with van der Waals surface area (Å²) in [5, 5.41) is 0. The molecule has 0 spiro atoms. The second-order valence-electron chi connectivity index (χ2n) is 6.06. The Morgan fingerprint density at radius 2 is 1.14 bits per heavy atom. The van der Waals surface area contributed by atoms with E-state index in [1.165, 1.54) is 22.3 Å². The lowest BCUT2D eigenvalue weighted by Crippen LogP contribution is -3.00. The molecule has 2 aromatic carbocycles. The van der Waals surface area contributed by atoms with Gasteiger partial charge in [0.25, 0.3) is 0 Å². The molecule has 0 N–H and O–H groups in total. The van der Waals surface area contributed by atoms with Crippen LogP contribution in [0.2, 0.25) is 0 Å². The number of quaternary nitrogens is 1. The third-order valence-electron chi connectivity index (χ3n) is 3.75. The van der Waals surface area contributed by atoms with Crippen molar-refractivity contribution >= 4 is 12.2 Å². The molecule has 22 heavy (non-hydrogen) atoms. The quantitative estimate of drug-likeness (QED) is 0.713. The predicted molar refractivity (Wildman–Crippen MR) is 92.6 cm³/mol. The molecular weight excluding hydrogens is 290 g/mol. The Morgan fingerprint density at radius 1 is 0.773 bits per heavy atom. The highest BCUT2D eigenvalue weighted by atomic mass is 35.5. The molecule has 1 nitrogen and oxygen atoms in total. The van der Waals surface area contributed by atoms with Gasteiger partial charge >= 0.3 is 0 Å². The van der Waals surface area contributed by atoms with Gasteiger partial charge in [-0.2, -0.15) is 0 Å². The van der Waals surface area contributed by atoms with Crippen molar-refractivity contribution in [3.63, 3.8) is 0 Å². The first-order chi connectivity index (χ1) is 10.1. The first-order valence-electron chi connectivity index (χ1n) is 7.28. The molecule has 0 heterocycles. The Labute approximate surface area is 140 Å². The molecule has 2 rings (SSSR count). The van der Waals surface area contributed by atoms with Gasteiger partial charge in [-0.3, -0.25) is 0 Å². The monoisotopic (exact) mass is 313 g/mol. The first-order valence-corrected chi connectivity index (χ1v) is 7.28. The fourth-order valence-electron chi connectivity index (χ4n) is 2.73. The standard InChI is InChI=1S/C20H24N.ClH/c1-5-17-11-7-9-13-19(17)15-21(3,4)16-20-14-10-8-12-18(20)6-2;/h5-14H,1-2,15-16H2,3-4H3;1H/q+1;/p-1. The second-order valence-corrected chi connectivity index (χ2v) is 6.06. The van der Waals surface area contributed by atoms with Crippen LogP contribution < -0.4 is 12.4 Å². The van der Waals surface area contributed by atoms with Gasteiger partial charge in [-0.05, 0) is 11.1 Å². The van der Waals surface area contributed by atoms with Crippen molar-refractivity contribution in [2.45, 2.75) is 13.1 Å². The van der Waals surface area contributed by atoms with Crippen molar-refractivity contribution in [3.8, 4) is 0 Å². The number of halogens is 1. The highest BCUT2D eigenvalue weighted by Crippen LogP contribution is 2.20. The zero-order valence-corrected chi connectivity index (χ0v) is 14.2. The summed E-state index contributed by atoms with van der Waals surface area (Å²) >= 11 is 0. The Hall–Kier alpha value is -1.83. The van der Waals surface area contributed by atoms with Gasteiger partial charge in [0.1, 0.15) is 13.1 Å². The maximum absolute atomic E-state index is 3.91. The van der Waals surface area contributed by atoms with E-state index in [0.29, 0.717) is 0 Å². The predicted octanol–water partition coefficient (Wildman–Crippen LogP) is 1.75. The molecule has 0 unspecified atom stereocenters. The summed E-state index contributed by atoms with van der Waals surface area (Å²) in [5.74, 6) is 0. The number of rotatable bonds is 6. The number of benzene rings is 2. The molecule has 0 bridgehead atoms. The Balaban J connectivity index is 0.00000242. The van der Waals surface area contributed by atoms with Gasteiger partial charge in [0.05, 0.1) is 14.1 Å². The minimum Gasteiger partial charge on any atom is -1.00 e. The summed E-state index contributed by atoms with van der Waals surface area (Å²) in [6.45, 7) is 9.79. The number of hydrogen-bond acceptors (Lipinski definition) is 0. The van der Waals surface area contributed by atoms with Crippen LogP contribution in [-0.4, -0.2) is 18.6 Å². The van der Waals surface area contributed by atoms with Crippen molar-refractivity contribution in [2.75, 3.05) is 14.1 Å². The summed E-state index contributed by atoms with van der Waals surface area (Å²) in [6, 6.07) is 17.0. The van der Waals surface area contributed by atoms with Crippen molar-refractivity contribution < 1.29 is 16.9 Å². The molecule has 0 aliphatic heterocycles. The van der Waals surface area contributed by atoms with E-state index in [9.17, 15) is 0 Å². The van der Waals surface area contributed by atoms with Crippen molar-refractivity contribution in [3.05, 3.63) is 83.9 Å². The Kier molecular flexibility index (Phi) is 6.61. The van der Waals surface area contributed by atoms with E-state index >= 15 is 0 Å². The summed E-state index contributed by atoms with van der Waals surface area (Å²) in [7, 11) is 4.53. The average molecular weight is 314 g/mol. The van der Waals surface area contributed by atoms with Crippen LogP contribution in [-0.2, 0) is 13.1 Å². The van der Waals surface area contributed by atoms with Gasteiger partial charge in [0.15, 0.2) is 0 Å². The highest BCUT2D eigenvalue weighted by molar-refractivity contribution is 5.52. The lowest BCUT2D eigenvalue weighted by molar-refractivity contribution is -0.916. The maximum Gasteiger partial charge on any atom is 0.105 e. The largest absolute Gasteiger partial charge is 1.00 e. The highest BCUT2D eigenvalue weighted by Gasteiger charge is 2.19. The van der Waals surface area contributed by atoms with E-state index in [1.807, 2.05) is 12.2 Å². The fourth-order valence-corrected chi connectivity index (χ4v) is 2.73. The van der Waals surface area contributed by atoms with E-state index in [4.69, 9.17) is 0 Å². The van der Waals surface area contributed by atoms with Gasteiger partial charge in [-0.15, -0.1) is 0 Å². The van der Waals surface area contributed by atoms with Crippen LogP contribution in [0.4, 0.5) is 0 Å². The summed E-state index contributed by atoms with van der Waals surface area (Å²) < 4.78 is 0.899. The van der Waals surface area contributed by atoms with Crippen LogP contribution in [0.5, 0.6) is 0 Å². The minimum atomic E-state index is 0. The second kappa shape index (κ2) is 7.98. The number of hydrogen-bond donors (Lipinski definition) is 0. The fraction of sp³-hybridized carbons (Fsp3) is 0.200. The lowest BCUT2D eigenvalue weighted by atomic mass is 10.0. The zero-order valence-electron chi connectivity index (χ0n) is 13.4. The molecule has 0 saturated carbocycles. The molecule has 0 radical (unpaired) electrons. The minimum absolute atomic E-state index is 0. The molecule has 0 aliphatic carbocycles. The molecule has 0 aromatic heterocycles. The third kappa shape index (κ3) is 4.59. The first kappa shape index (κ1) is 18.2. The van der Waals surface area contributed by atoms with Gasteiger partial charge in [0.2, 0.25) is 0 Å². The average Bonchev–Trinajstić information content (AvgIpc) is 2.47. The Morgan fingerprint density at radius 3 is 1.50 bits per heavy atom. The molecule has 0 saturated heterocycles. The molecule has 0 fully saturated rings. The van der Waals surface area contributed by atoms with Crippen LogP contribution in [0.15, 0.2) is 61.7 Å². The topological polar surface area (TPSA) is 0 Å². The lowest BCUT2D eigenvalue weighted by Gasteiger charge is -2.31. The normalized spacial score (nSPS) is 10.6. The third-order valence-corrected chi connectivity index (χ3v) is 3.75. The summed E-state index contributed by atoms with van der Waals surface area (Å²) in [4.78, 5) is 0. The summed E-state index contributed by atoms with van der Waals surface area (Å²) in [5.41, 5.74) is 5.13. The molecule has 0 amide bonds. The molecular formula is C20H24ClN. The molecule has 2 heteroatoms. The smallest absolute Gasteiger partial charge is 0.105 e. The van der Waals surface area contributed by atoms with E-state index < -0.39 is 0 Å². The molecule has 116 valence electrons. The molecule has 0 atom stereocenters. The maximum atomic E-state index is 3.91. The van der Waals surface area contributed by atoms with Crippen LogP contribution >= 0.6 is 0 Å². The summed E-state index contributed by atoms with van der Waals surface area (Å²) in [6.07, 6.45) is 3.88. The van der Waals surface area contributed by atoms with E-state index in [-0.39, 0.29) is 12.4 Å². The van der Waals surface area contributed by atoms with Crippen LogP contribution in [0.1, 0.15) is 22.3 Å². The van der Waals surface area contributed by atoms with Gasteiger partial charge in [0, 0.05) is 11.1 Å². The molecule has 2 aromatic rings. The Bertz CT molecular complexity index is 588. The van der Waals surface area contributed by atoms with Crippen molar-refractivity contribution in [2.24, 2.45) is 0 Å². The van der Waals surface area contributed by atoms with Gasteiger partial charge < -0.3 is 16.9 Å². The van der Waals surface area contributed by atoms with Crippen LogP contribution in [0.3, 0.4) is 0 Å². The van der Waals surface area contributed by atoms with Gasteiger partial charge in [-0.25, -0.2) is 0 Å². The van der Waals surface area contributed by atoms with Crippen LogP contribution in [0.25, 0.3) is 12.2 Å². The SMILES string of the molecule is C=Cc1ccccc1C[N+](C)(C)Cc1ccccc1C=C.[Cl-]. The van der Waals surface area contributed by atoms with Gasteiger partial charge in [-0.1, -0.05) is 73.8 Å².